The molecule has 1 aromatic carbocycles. The molecule has 26 heavy (non-hydrogen) atoms. The highest BCUT2D eigenvalue weighted by molar-refractivity contribution is 7.54. The molecule has 8 heteroatoms. The Morgan fingerprint density at radius 1 is 1.08 bits per heavy atom. The fourth-order valence-corrected chi connectivity index (χ4v) is 3.28. The minimum atomic E-state index is -3.41. The Bertz CT molecular complexity index is 693. The SMILES string of the molecule is COP(=O)(CC(=O)c1ccc(OCCCC(=O)N(C)C)c(C)c1C)OC. The van der Waals surface area contributed by atoms with Crippen molar-refractivity contribution in [3.63, 3.8) is 0 Å². The minimum absolute atomic E-state index is 0.0585. The van der Waals surface area contributed by atoms with E-state index in [4.69, 9.17) is 13.8 Å². The first-order chi connectivity index (χ1) is 12.1. The summed E-state index contributed by atoms with van der Waals surface area (Å²) in [7, 11) is 2.55. The lowest BCUT2D eigenvalue weighted by molar-refractivity contribution is -0.128. The van der Waals surface area contributed by atoms with Crippen LogP contribution in [0, 0.1) is 13.8 Å². The van der Waals surface area contributed by atoms with Crippen molar-refractivity contribution >= 4 is 19.3 Å². The maximum absolute atomic E-state index is 12.4. The van der Waals surface area contributed by atoms with Crippen LogP contribution in [0.4, 0.5) is 0 Å². The van der Waals surface area contributed by atoms with Gasteiger partial charge < -0.3 is 18.7 Å². The molecule has 0 bridgehead atoms. The van der Waals surface area contributed by atoms with Crippen LogP contribution in [0.3, 0.4) is 0 Å². The summed E-state index contributed by atoms with van der Waals surface area (Å²) in [6, 6.07) is 3.37. The number of hydrogen-bond donors (Lipinski definition) is 0. The van der Waals surface area contributed by atoms with Gasteiger partial charge in [0, 0.05) is 40.3 Å². The summed E-state index contributed by atoms with van der Waals surface area (Å²) in [6.45, 7) is 4.09. The van der Waals surface area contributed by atoms with Gasteiger partial charge in [-0.2, -0.15) is 0 Å². The fourth-order valence-electron chi connectivity index (χ4n) is 2.35. The maximum atomic E-state index is 12.4. The molecule has 146 valence electrons. The second-order valence-electron chi connectivity index (χ2n) is 6.16. The molecule has 0 aromatic heterocycles. The van der Waals surface area contributed by atoms with Gasteiger partial charge in [0.1, 0.15) is 11.9 Å². The number of benzene rings is 1. The Hall–Kier alpha value is -1.69. The Labute approximate surface area is 155 Å². The van der Waals surface area contributed by atoms with Gasteiger partial charge in [0.05, 0.1) is 6.61 Å². The van der Waals surface area contributed by atoms with Crippen molar-refractivity contribution in [1.29, 1.82) is 0 Å². The monoisotopic (exact) mass is 385 g/mol. The van der Waals surface area contributed by atoms with E-state index in [1.165, 1.54) is 14.2 Å². The largest absolute Gasteiger partial charge is 0.493 e. The molecule has 0 radical (unpaired) electrons. The Balaban J connectivity index is 2.78. The van der Waals surface area contributed by atoms with Crippen molar-refractivity contribution in [3.8, 4) is 5.75 Å². The molecule has 1 amide bonds. The van der Waals surface area contributed by atoms with E-state index in [1.54, 1.807) is 31.1 Å². The molecule has 0 N–H and O–H groups in total. The highest BCUT2D eigenvalue weighted by Gasteiger charge is 2.27. The molecule has 0 unspecified atom stereocenters. The van der Waals surface area contributed by atoms with Crippen LogP contribution >= 0.6 is 7.60 Å². The normalized spacial score (nSPS) is 11.3. The molecule has 0 aliphatic heterocycles. The van der Waals surface area contributed by atoms with Gasteiger partial charge in [0.2, 0.25) is 5.91 Å². The lowest BCUT2D eigenvalue weighted by Crippen LogP contribution is -2.21. The van der Waals surface area contributed by atoms with Crippen LogP contribution in [0.5, 0.6) is 5.75 Å². The summed E-state index contributed by atoms with van der Waals surface area (Å²) in [5, 5.41) is 0. The second-order valence-corrected chi connectivity index (χ2v) is 8.43. The molecule has 0 spiro atoms. The van der Waals surface area contributed by atoms with Gasteiger partial charge in [-0.1, -0.05) is 0 Å². The highest BCUT2D eigenvalue weighted by Crippen LogP contribution is 2.46. The van der Waals surface area contributed by atoms with Crippen LogP contribution in [-0.2, 0) is 18.4 Å². The summed E-state index contributed by atoms with van der Waals surface area (Å²) in [5.74, 6) is 0.418. The van der Waals surface area contributed by atoms with Gasteiger partial charge in [-0.05, 0) is 43.5 Å². The summed E-state index contributed by atoms with van der Waals surface area (Å²) in [6.07, 6.45) is 0.721. The molecular formula is C18H28NO6P. The van der Waals surface area contributed by atoms with Crippen LogP contribution in [-0.4, -0.2) is 57.7 Å². The van der Waals surface area contributed by atoms with Crippen LogP contribution < -0.4 is 4.74 Å². The minimum Gasteiger partial charge on any atom is -0.493 e. The number of carbonyl (C=O) groups is 2. The molecule has 0 saturated carbocycles. The molecule has 0 aliphatic rings. The van der Waals surface area contributed by atoms with Crippen molar-refractivity contribution < 1.29 is 27.9 Å². The average molecular weight is 385 g/mol. The average Bonchev–Trinajstić information content (AvgIpc) is 2.61. The number of hydrogen-bond acceptors (Lipinski definition) is 6. The Morgan fingerprint density at radius 2 is 1.69 bits per heavy atom. The molecular weight excluding hydrogens is 357 g/mol. The van der Waals surface area contributed by atoms with Gasteiger partial charge in [-0.25, -0.2) is 0 Å². The lowest BCUT2D eigenvalue weighted by Gasteiger charge is -2.16. The number of ketones is 1. The van der Waals surface area contributed by atoms with Crippen molar-refractivity contribution in [2.45, 2.75) is 26.7 Å². The highest BCUT2D eigenvalue weighted by atomic mass is 31.2. The maximum Gasteiger partial charge on any atom is 0.337 e. The van der Waals surface area contributed by atoms with E-state index in [2.05, 4.69) is 0 Å². The van der Waals surface area contributed by atoms with Gasteiger partial charge in [-0.15, -0.1) is 0 Å². The fraction of sp³-hybridized carbons (Fsp3) is 0.556. The zero-order valence-corrected chi connectivity index (χ0v) is 17.2. The van der Waals surface area contributed by atoms with Crippen LogP contribution in [0.15, 0.2) is 12.1 Å². The summed E-state index contributed by atoms with van der Waals surface area (Å²) in [5.41, 5.74) is 2.06. The van der Waals surface area contributed by atoms with E-state index < -0.39 is 7.60 Å². The molecule has 0 heterocycles. The third kappa shape index (κ3) is 5.94. The van der Waals surface area contributed by atoms with Crippen molar-refractivity contribution in [2.75, 3.05) is 41.1 Å². The van der Waals surface area contributed by atoms with Crippen LogP contribution in [0.25, 0.3) is 0 Å². The standard InChI is InChI=1S/C18H28NO6P/c1-13-14(2)17(25-11-7-8-18(21)19(3)4)10-9-15(13)16(20)12-26(22,23-5)24-6/h9-10H,7-8,11-12H2,1-6H3. The zero-order valence-electron chi connectivity index (χ0n) is 16.3. The van der Waals surface area contributed by atoms with Gasteiger partial charge in [0.25, 0.3) is 0 Å². The van der Waals surface area contributed by atoms with E-state index in [-0.39, 0.29) is 17.9 Å². The lowest BCUT2D eigenvalue weighted by atomic mass is 10.00. The van der Waals surface area contributed by atoms with Gasteiger partial charge >= 0.3 is 7.60 Å². The van der Waals surface area contributed by atoms with E-state index >= 15 is 0 Å². The molecule has 7 nitrogen and oxygen atoms in total. The van der Waals surface area contributed by atoms with E-state index in [1.807, 2.05) is 13.8 Å². The number of ether oxygens (including phenoxy) is 1. The summed E-state index contributed by atoms with van der Waals surface area (Å²) >= 11 is 0. The van der Waals surface area contributed by atoms with Gasteiger partial charge in [-0.3, -0.25) is 14.2 Å². The van der Waals surface area contributed by atoms with Crippen molar-refractivity contribution in [2.24, 2.45) is 0 Å². The molecule has 0 aliphatic carbocycles. The van der Waals surface area contributed by atoms with E-state index in [0.717, 1.165) is 11.1 Å². The summed E-state index contributed by atoms with van der Waals surface area (Å²) < 4.78 is 27.6. The third-order valence-corrected chi connectivity index (χ3v) is 6.01. The smallest absolute Gasteiger partial charge is 0.337 e. The number of Topliss-reactive ketones (excluding diaryl/α,β-unsaturated/α-hetero) is 1. The first kappa shape index (κ1) is 22.4. The van der Waals surface area contributed by atoms with E-state index in [0.29, 0.717) is 30.8 Å². The number of amides is 1. The first-order valence-corrected chi connectivity index (χ1v) is 10.0. The second kappa shape index (κ2) is 9.86. The van der Waals surface area contributed by atoms with Crippen LogP contribution in [0.1, 0.15) is 34.3 Å². The van der Waals surface area contributed by atoms with Crippen molar-refractivity contribution in [1.82, 2.24) is 4.90 Å². The zero-order chi connectivity index (χ0) is 19.9. The molecule has 0 fully saturated rings. The molecule has 0 atom stereocenters. The van der Waals surface area contributed by atoms with Gasteiger partial charge in [0.15, 0.2) is 5.78 Å². The number of rotatable bonds is 10. The molecule has 1 aromatic rings. The van der Waals surface area contributed by atoms with Crippen LogP contribution in [0.2, 0.25) is 0 Å². The number of carbonyl (C=O) groups excluding carboxylic acids is 2. The van der Waals surface area contributed by atoms with Crippen molar-refractivity contribution in [3.05, 3.63) is 28.8 Å². The Morgan fingerprint density at radius 3 is 2.23 bits per heavy atom. The summed E-state index contributed by atoms with van der Waals surface area (Å²) in [4.78, 5) is 25.5. The number of nitrogens with zero attached hydrogens (tertiary/aromatic N) is 1. The predicted octanol–water partition coefficient (Wildman–Crippen LogP) is 3.22. The first-order valence-electron chi connectivity index (χ1n) is 8.32. The quantitative estimate of drug-likeness (QED) is 0.349. The van der Waals surface area contributed by atoms with E-state index in [9.17, 15) is 14.2 Å². The Kier molecular flexibility index (Phi) is 8.47. The molecule has 0 saturated heterocycles. The predicted molar refractivity (Wildman–Crippen MR) is 100 cm³/mol. The molecule has 1 rings (SSSR count). The third-order valence-electron chi connectivity index (χ3n) is 4.22. The topological polar surface area (TPSA) is 82.1 Å².